The van der Waals surface area contributed by atoms with Gasteiger partial charge < -0.3 is 29.2 Å². The molecule has 9 nitrogen and oxygen atoms in total. The fourth-order valence-corrected chi connectivity index (χ4v) is 3.31. The minimum Gasteiger partial charge on any atom is -0.496 e. The number of aryl methyl sites for hydroxylation is 1. The zero-order valence-corrected chi connectivity index (χ0v) is 18.1. The van der Waals surface area contributed by atoms with Crippen molar-refractivity contribution in [1.29, 1.82) is 0 Å². The van der Waals surface area contributed by atoms with E-state index in [2.05, 4.69) is 20.3 Å². The fourth-order valence-electron chi connectivity index (χ4n) is 3.31. The zero-order chi connectivity index (χ0) is 21.3. The molecule has 1 atom stereocenters. The Labute approximate surface area is 177 Å². The Hall–Kier alpha value is -2.94. The van der Waals surface area contributed by atoms with E-state index in [4.69, 9.17) is 18.9 Å². The number of morpholine rings is 1. The number of benzene rings is 1. The molecule has 0 radical (unpaired) electrons. The van der Waals surface area contributed by atoms with Crippen LogP contribution < -0.4 is 19.5 Å². The number of hydrogen-bond donors (Lipinski definition) is 1. The van der Waals surface area contributed by atoms with Gasteiger partial charge >= 0.3 is 0 Å². The molecule has 3 rings (SSSR count). The van der Waals surface area contributed by atoms with Gasteiger partial charge in [-0.1, -0.05) is 0 Å². The highest BCUT2D eigenvalue weighted by Gasteiger charge is 2.25. The smallest absolute Gasteiger partial charge is 0.193 e. The lowest BCUT2D eigenvalue weighted by Crippen LogP contribution is -2.48. The highest BCUT2D eigenvalue weighted by molar-refractivity contribution is 5.80. The Morgan fingerprint density at radius 2 is 1.97 bits per heavy atom. The molecule has 0 amide bonds. The van der Waals surface area contributed by atoms with E-state index < -0.39 is 0 Å². The summed E-state index contributed by atoms with van der Waals surface area (Å²) in [5.74, 6) is 3.01. The molecular weight excluding hydrogens is 386 g/mol. The molecule has 2 aromatic rings. The molecule has 1 aliphatic heterocycles. The second-order valence-corrected chi connectivity index (χ2v) is 6.98. The fraction of sp³-hybridized carbons (Fsp3) is 0.524. The molecular formula is C21H31N5O4. The maximum absolute atomic E-state index is 5.91. The lowest BCUT2D eigenvalue weighted by atomic mass is 10.1. The normalized spacial score (nSPS) is 17.0. The molecule has 0 bridgehead atoms. The first kappa shape index (κ1) is 21.8. The van der Waals surface area contributed by atoms with Gasteiger partial charge in [-0.05, 0) is 6.42 Å². The van der Waals surface area contributed by atoms with Crippen molar-refractivity contribution >= 4 is 5.96 Å². The zero-order valence-electron chi connectivity index (χ0n) is 18.1. The van der Waals surface area contributed by atoms with E-state index in [1.165, 1.54) is 0 Å². The van der Waals surface area contributed by atoms with Gasteiger partial charge in [0.15, 0.2) is 5.96 Å². The van der Waals surface area contributed by atoms with Gasteiger partial charge in [0.25, 0.3) is 0 Å². The lowest BCUT2D eigenvalue weighted by Gasteiger charge is -2.34. The van der Waals surface area contributed by atoms with Gasteiger partial charge in [-0.25, -0.2) is 0 Å². The summed E-state index contributed by atoms with van der Waals surface area (Å²) in [4.78, 5) is 6.64. The van der Waals surface area contributed by atoms with Crippen molar-refractivity contribution in [2.45, 2.75) is 12.5 Å². The van der Waals surface area contributed by atoms with Crippen molar-refractivity contribution in [3.05, 3.63) is 36.2 Å². The van der Waals surface area contributed by atoms with E-state index in [0.717, 1.165) is 43.3 Å². The Balaban J connectivity index is 1.44. The van der Waals surface area contributed by atoms with Gasteiger partial charge in [-0.2, -0.15) is 5.10 Å². The van der Waals surface area contributed by atoms with Crippen LogP contribution in [0.1, 0.15) is 18.1 Å². The van der Waals surface area contributed by atoms with Crippen LogP contribution in [0.15, 0.2) is 35.6 Å². The number of aliphatic imine (C=N–C) groups is 1. The van der Waals surface area contributed by atoms with Crippen molar-refractivity contribution in [2.24, 2.45) is 12.0 Å². The SMILES string of the molecule is CN=C(NCCCOc1cc(OC)cc(OC)c1)N1CCOC(c2cnn(C)c2)C1. The van der Waals surface area contributed by atoms with Crippen LogP contribution in [0.2, 0.25) is 0 Å². The molecule has 0 spiro atoms. The molecule has 164 valence electrons. The van der Waals surface area contributed by atoms with E-state index in [1.807, 2.05) is 37.6 Å². The van der Waals surface area contributed by atoms with E-state index in [1.54, 1.807) is 25.9 Å². The van der Waals surface area contributed by atoms with E-state index >= 15 is 0 Å². The van der Waals surface area contributed by atoms with Gasteiger partial charge in [0.05, 0.1) is 40.2 Å². The maximum Gasteiger partial charge on any atom is 0.193 e. The molecule has 1 N–H and O–H groups in total. The van der Waals surface area contributed by atoms with Crippen LogP contribution in [-0.4, -0.2) is 74.8 Å². The third-order valence-corrected chi connectivity index (χ3v) is 4.87. The van der Waals surface area contributed by atoms with E-state index in [0.29, 0.717) is 24.7 Å². The molecule has 1 aliphatic rings. The highest BCUT2D eigenvalue weighted by Crippen LogP contribution is 2.27. The molecule has 0 aliphatic carbocycles. The van der Waals surface area contributed by atoms with Gasteiger partial charge in [0, 0.05) is 57.1 Å². The summed E-state index contributed by atoms with van der Waals surface area (Å²) >= 11 is 0. The number of rotatable bonds is 8. The highest BCUT2D eigenvalue weighted by atomic mass is 16.5. The summed E-state index contributed by atoms with van der Waals surface area (Å²) in [6.45, 7) is 3.52. The first-order chi connectivity index (χ1) is 14.6. The first-order valence-electron chi connectivity index (χ1n) is 10.0. The van der Waals surface area contributed by atoms with Crippen LogP contribution in [0.4, 0.5) is 0 Å². The number of methoxy groups -OCH3 is 2. The largest absolute Gasteiger partial charge is 0.496 e. The molecule has 1 aromatic carbocycles. The van der Waals surface area contributed by atoms with Crippen molar-refractivity contribution in [1.82, 2.24) is 20.0 Å². The van der Waals surface area contributed by atoms with Crippen LogP contribution >= 0.6 is 0 Å². The predicted molar refractivity (Wildman–Crippen MR) is 114 cm³/mol. The molecule has 30 heavy (non-hydrogen) atoms. The molecule has 1 fully saturated rings. The number of nitrogens with zero attached hydrogens (tertiary/aromatic N) is 4. The average Bonchev–Trinajstić information content (AvgIpc) is 3.22. The monoisotopic (exact) mass is 417 g/mol. The summed E-state index contributed by atoms with van der Waals surface area (Å²) in [7, 11) is 6.96. The number of nitrogens with one attached hydrogen (secondary N) is 1. The summed E-state index contributed by atoms with van der Waals surface area (Å²) in [5, 5.41) is 7.66. The quantitative estimate of drug-likeness (QED) is 0.399. The number of ether oxygens (including phenoxy) is 4. The summed E-state index contributed by atoms with van der Waals surface area (Å²) in [6.07, 6.45) is 4.68. The molecule has 1 saturated heterocycles. The third-order valence-electron chi connectivity index (χ3n) is 4.87. The van der Waals surface area contributed by atoms with Gasteiger partial charge in [0.2, 0.25) is 0 Å². The van der Waals surface area contributed by atoms with Crippen molar-refractivity contribution in [2.75, 3.05) is 54.1 Å². The van der Waals surface area contributed by atoms with Crippen molar-refractivity contribution in [3.8, 4) is 17.2 Å². The number of aromatic nitrogens is 2. The molecule has 9 heteroatoms. The topological polar surface area (TPSA) is 82.4 Å². The molecule has 1 unspecified atom stereocenters. The maximum atomic E-state index is 5.91. The third kappa shape index (κ3) is 5.79. The minimum atomic E-state index is -0.00243. The number of hydrogen-bond acceptors (Lipinski definition) is 6. The van der Waals surface area contributed by atoms with Crippen molar-refractivity contribution < 1.29 is 18.9 Å². The molecule has 2 heterocycles. The Morgan fingerprint density at radius 1 is 1.23 bits per heavy atom. The van der Waals surface area contributed by atoms with E-state index in [9.17, 15) is 0 Å². The van der Waals surface area contributed by atoms with E-state index in [-0.39, 0.29) is 6.10 Å². The lowest BCUT2D eigenvalue weighted by molar-refractivity contribution is -0.00803. The summed E-state index contributed by atoms with van der Waals surface area (Å²) in [6, 6.07) is 5.52. The number of guanidine groups is 1. The van der Waals surface area contributed by atoms with Crippen LogP contribution in [0, 0.1) is 0 Å². The van der Waals surface area contributed by atoms with Crippen LogP contribution in [-0.2, 0) is 11.8 Å². The second-order valence-electron chi connectivity index (χ2n) is 6.98. The minimum absolute atomic E-state index is 0.00243. The molecule has 1 aromatic heterocycles. The van der Waals surface area contributed by atoms with Gasteiger partial charge in [-0.15, -0.1) is 0 Å². The second kappa shape index (κ2) is 10.7. The Morgan fingerprint density at radius 3 is 2.60 bits per heavy atom. The summed E-state index contributed by atoms with van der Waals surface area (Å²) in [5.41, 5.74) is 1.08. The Bertz CT molecular complexity index is 816. The van der Waals surface area contributed by atoms with Gasteiger partial charge in [0.1, 0.15) is 23.4 Å². The van der Waals surface area contributed by atoms with Gasteiger partial charge in [-0.3, -0.25) is 9.67 Å². The van der Waals surface area contributed by atoms with Crippen molar-refractivity contribution in [3.63, 3.8) is 0 Å². The summed E-state index contributed by atoms with van der Waals surface area (Å²) < 4.78 is 24.1. The first-order valence-corrected chi connectivity index (χ1v) is 10.0. The Kier molecular flexibility index (Phi) is 7.78. The average molecular weight is 418 g/mol. The van der Waals surface area contributed by atoms with Crippen LogP contribution in [0.25, 0.3) is 0 Å². The predicted octanol–water partition coefficient (Wildman–Crippen LogP) is 1.86. The molecule has 0 saturated carbocycles. The van der Waals surface area contributed by atoms with Crippen LogP contribution in [0.5, 0.6) is 17.2 Å². The van der Waals surface area contributed by atoms with Crippen LogP contribution in [0.3, 0.4) is 0 Å². The standard InChI is InChI=1S/C21H31N5O4/c1-22-21(26-7-9-30-20(15-26)16-13-24-25(2)14-16)23-6-5-8-29-19-11-17(27-3)10-18(12-19)28-4/h10-14,20H,5-9,15H2,1-4H3,(H,22,23).